The van der Waals surface area contributed by atoms with Crippen molar-refractivity contribution < 1.29 is 28.3 Å². The number of carbonyl (C=O) groups excluding carboxylic acids is 1. The average molecular weight is 418 g/mol. The molecule has 1 aromatic carbocycles. The van der Waals surface area contributed by atoms with Gasteiger partial charge in [0.2, 0.25) is 0 Å². The van der Waals surface area contributed by atoms with Crippen LogP contribution in [0.4, 0.5) is 4.79 Å². The van der Waals surface area contributed by atoms with E-state index in [0.29, 0.717) is 49.0 Å². The Balaban J connectivity index is 1.47. The van der Waals surface area contributed by atoms with Gasteiger partial charge in [-0.1, -0.05) is 6.07 Å². The number of likely N-dealkylation sites (tertiary alicyclic amines) is 1. The van der Waals surface area contributed by atoms with Crippen molar-refractivity contribution in [1.29, 1.82) is 0 Å². The molecule has 8 nitrogen and oxygen atoms in total. The highest BCUT2D eigenvalue weighted by Crippen LogP contribution is 2.35. The summed E-state index contributed by atoms with van der Waals surface area (Å²) in [5.74, 6) is 1.06. The smallest absolute Gasteiger partial charge is 0.410 e. The topological polar surface area (TPSA) is 83.3 Å². The lowest BCUT2D eigenvalue weighted by molar-refractivity contribution is 0.00327. The van der Waals surface area contributed by atoms with Gasteiger partial charge in [0.25, 0.3) is 5.88 Å². The van der Waals surface area contributed by atoms with Crippen LogP contribution in [0.5, 0.6) is 11.6 Å². The van der Waals surface area contributed by atoms with Crippen LogP contribution < -0.4 is 9.47 Å². The first-order valence-corrected chi connectivity index (χ1v) is 10.7. The molecular formula is C22H30N2O6. The summed E-state index contributed by atoms with van der Waals surface area (Å²) in [6, 6.07) is 5.52. The number of carbonyl (C=O) groups is 1. The van der Waals surface area contributed by atoms with Crippen LogP contribution in [0, 0.1) is 0 Å². The number of hydrogen-bond acceptors (Lipinski definition) is 7. The van der Waals surface area contributed by atoms with E-state index in [9.17, 15) is 4.79 Å². The lowest BCUT2D eigenvalue weighted by atomic mass is 10.0. The SMILES string of the molecule is CC(C)(C)OC(=O)N1CCCC[C@@H]1COc1noc2cccc(OC3CCOC3)c12. The van der Waals surface area contributed by atoms with Gasteiger partial charge in [0.15, 0.2) is 5.58 Å². The van der Waals surface area contributed by atoms with E-state index < -0.39 is 5.60 Å². The Bertz CT molecular complexity index is 868. The number of piperidine rings is 1. The molecule has 2 atom stereocenters. The Morgan fingerprint density at radius 2 is 2.13 bits per heavy atom. The van der Waals surface area contributed by atoms with E-state index in [1.807, 2.05) is 39.0 Å². The van der Waals surface area contributed by atoms with Crippen molar-refractivity contribution in [1.82, 2.24) is 10.1 Å². The first kappa shape index (κ1) is 20.8. The number of nitrogens with zero attached hydrogens (tertiary/aromatic N) is 2. The zero-order valence-corrected chi connectivity index (χ0v) is 17.9. The van der Waals surface area contributed by atoms with Gasteiger partial charge in [0.05, 0.1) is 19.3 Å². The summed E-state index contributed by atoms with van der Waals surface area (Å²) in [6.45, 7) is 7.89. The largest absolute Gasteiger partial charge is 0.487 e. The van der Waals surface area contributed by atoms with Crippen molar-refractivity contribution in [2.24, 2.45) is 0 Å². The number of ether oxygens (including phenoxy) is 4. The summed E-state index contributed by atoms with van der Waals surface area (Å²) in [7, 11) is 0. The molecular weight excluding hydrogens is 388 g/mol. The lowest BCUT2D eigenvalue weighted by Crippen LogP contribution is -2.48. The fraction of sp³-hybridized carbons (Fsp3) is 0.636. The maximum Gasteiger partial charge on any atom is 0.410 e. The molecule has 2 fully saturated rings. The second kappa shape index (κ2) is 8.71. The molecule has 0 N–H and O–H groups in total. The fourth-order valence-corrected chi connectivity index (χ4v) is 3.83. The Morgan fingerprint density at radius 1 is 1.27 bits per heavy atom. The number of hydrogen-bond donors (Lipinski definition) is 0. The maximum absolute atomic E-state index is 12.6. The van der Waals surface area contributed by atoms with E-state index in [1.54, 1.807) is 4.90 Å². The number of benzene rings is 1. The van der Waals surface area contributed by atoms with Gasteiger partial charge in [-0.2, -0.15) is 0 Å². The molecule has 0 aliphatic carbocycles. The molecule has 2 aliphatic rings. The molecule has 4 rings (SSSR count). The second-order valence-electron chi connectivity index (χ2n) is 8.85. The molecule has 0 bridgehead atoms. The van der Waals surface area contributed by atoms with Crippen molar-refractivity contribution in [3.05, 3.63) is 18.2 Å². The van der Waals surface area contributed by atoms with E-state index in [-0.39, 0.29) is 18.2 Å². The van der Waals surface area contributed by atoms with Crippen molar-refractivity contribution >= 4 is 17.1 Å². The molecule has 1 amide bonds. The molecule has 164 valence electrons. The third-order valence-corrected chi connectivity index (χ3v) is 5.28. The molecule has 0 radical (unpaired) electrons. The predicted octanol–water partition coefficient (Wildman–Crippen LogP) is 4.16. The van der Waals surface area contributed by atoms with Crippen molar-refractivity contribution in [2.45, 2.75) is 64.2 Å². The van der Waals surface area contributed by atoms with Crippen LogP contribution in [0.1, 0.15) is 46.5 Å². The third-order valence-electron chi connectivity index (χ3n) is 5.28. The van der Waals surface area contributed by atoms with E-state index in [0.717, 1.165) is 25.7 Å². The summed E-state index contributed by atoms with van der Waals surface area (Å²) in [5, 5.41) is 4.81. The Morgan fingerprint density at radius 3 is 2.90 bits per heavy atom. The van der Waals surface area contributed by atoms with Crippen LogP contribution in [0.2, 0.25) is 0 Å². The van der Waals surface area contributed by atoms with E-state index in [2.05, 4.69) is 5.16 Å². The molecule has 30 heavy (non-hydrogen) atoms. The predicted molar refractivity (Wildman–Crippen MR) is 110 cm³/mol. The highest BCUT2D eigenvalue weighted by atomic mass is 16.6. The van der Waals surface area contributed by atoms with E-state index >= 15 is 0 Å². The third kappa shape index (κ3) is 4.80. The highest BCUT2D eigenvalue weighted by molar-refractivity contribution is 5.88. The summed E-state index contributed by atoms with van der Waals surface area (Å²) in [5.41, 5.74) is 0.0763. The molecule has 1 aromatic heterocycles. The van der Waals surface area contributed by atoms with Crippen molar-refractivity contribution in [3.8, 4) is 11.6 Å². The van der Waals surface area contributed by atoms with Gasteiger partial charge in [-0.05, 0) is 57.3 Å². The van der Waals surface area contributed by atoms with Crippen LogP contribution >= 0.6 is 0 Å². The van der Waals surface area contributed by atoms with E-state index in [1.165, 1.54) is 0 Å². The first-order chi connectivity index (χ1) is 14.4. The molecule has 0 spiro atoms. The summed E-state index contributed by atoms with van der Waals surface area (Å²) in [4.78, 5) is 14.4. The summed E-state index contributed by atoms with van der Waals surface area (Å²) in [6.07, 6.45) is 3.43. The lowest BCUT2D eigenvalue weighted by Gasteiger charge is -2.36. The molecule has 2 saturated heterocycles. The van der Waals surface area contributed by atoms with Gasteiger partial charge < -0.3 is 28.4 Å². The molecule has 1 unspecified atom stereocenters. The summed E-state index contributed by atoms with van der Waals surface area (Å²) < 4.78 is 28.6. The Labute approximate surface area is 176 Å². The minimum Gasteiger partial charge on any atom is -0.487 e. The maximum atomic E-state index is 12.6. The van der Waals surface area contributed by atoms with Crippen LogP contribution in [0.15, 0.2) is 22.7 Å². The minimum atomic E-state index is -0.529. The summed E-state index contributed by atoms with van der Waals surface area (Å²) >= 11 is 0. The van der Waals surface area contributed by atoms with Gasteiger partial charge >= 0.3 is 6.09 Å². The van der Waals surface area contributed by atoms with Crippen molar-refractivity contribution in [2.75, 3.05) is 26.4 Å². The quantitative estimate of drug-likeness (QED) is 0.721. The molecule has 3 heterocycles. The normalized spacial score (nSPS) is 22.3. The number of amides is 1. The Kier molecular flexibility index (Phi) is 6.04. The minimum absolute atomic E-state index is 0.0133. The zero-order valence-electron chi connectivity index (χ0n) is 17.9. The van der Waals surface area contributed by atoms with Crippen molar-refractivity contribution in [3.63, 3.8) is 0 Å². The monoisotopic (exact) mass is 418 g/mol. The van der Waals surface area contributed by atoms with Crippen LogP contribution in [-0.2, 0) is 9.47 Å². The number of aromatic nitrogens is 1. The van der Waals surface area contributed by atoms with Crippen LogP contribution in [0.25, 0.3) is 11.0 Å². The van der Waals surface area contributed by atoms with Gasteiger partial charge in [0, 0.05) is 13.0 Å². The molecule has 0 saturated carbocycles. The van der Waals surface area contributed by atoms with Gasteiger partial charge in [-0.3, -0.25) is 0 Å². The second-order valence-corrected chi connectivity index (χ2v) is 8.85. The van der Waals surface area contributed by atoms with Gasteiger partial charge in [0.1, 0.15) is 29.4 Å². The van der Waals surface area contributed by atoms with E-state index in [4.69, 9.17) is 23.5 Å². The molecule has 2 aliphatic heterocycles. The number of fused-ring (bicyclic) bond motifs is 1. The average Bonchev–Trinajstić information content (AvgIpc) is 3.35. The Hall–Kier alpha value is -2.48. The number of rotatable bonds is 5. The fourth-order valence-electron chi connectivity index (χ4n) is 3.83. The standard InChI is InChI=1S/C22H30N2O6/c1-22(2,3)29-21(25)24-11-5-4-7-15(24)13-27-20-19-17(28-16-10-12-26-14-16)8-6-9-18(19)30-23-20/h6,8-9,15-16H,4-5,7,10-14H2,1-3H3/t15-,16?/m1/s1. The van der Waals surface area contributed by atoms with Gasteiger partial charge in [-0.15, -0.1) is 0 Å². The van der Waals surface area contributed by atoms with Gasteiger partial charge in [-0.25, -0.2) is 4.79 Å². The molecule has 8 heteroatoms. The van der Waals surface area contributed by atoms with Crippen LogP contribution in [-0.4, -0.2) is 60.3 Å². The first-order valence-electron chi connectivity index (χ1n) is 10.7. The zero-order chi connectivity index (χ0) is 21.1. The molecule has 2 aromatic rings. The van der Waals surface area contributed by atoms with Crippen LogP contribution in [0.3, 0.4) is 0 Å². The highest BCUT2D eigenvalue weighted by Gasteiger charge is 2.31.